The van der Waals surface area contributed by atoms with Crippen LogP contribution in [0.25, 0.3) is 11.5 Å². The third-order valence-electron chi connectivity index (χ3n) is 5.52. The lowest BCUT2D eigenvalue weighted by Gasteiger charge is -2.14. The molecule has 34 heavy (non-hydrogen) atoms. The molecule has 3 heterocycles. The maximum absolute atomic E-state index is 13.1. The van der Waals surface area contributed by atoms with E-state index in [4.69, 9.17) is 4.74 Å². The zero-order chi connectivity index (χ0) is 24.5. The van der Waals surface area contributed by atoms with Gasteiger partial charge in [-0.1, -0.05) is 13.0 Å². The number of hydrogen-bond donors (Lipinski definition) is 1. The largest absolute Gasteiger partial charge is 0.496 e. The topological polar surface area (TPSA) is 132 Å². The lowest BCUT2D eigenvalue weighted by atomic mass is 10.0. The molecule has 3 aromatic rings. The number of tetrazole rings is 1. The summed E-state index contributed by atoms with van der Waals surface area (Å²) in [5, 5.41) is 14.5. The van der Waals surface area contributed by atoms with Crippen molar-refractivity contribution in [3.8, 4) is 17.3 Å². The van der Waals surface area contributed by atoms with Crippen LogP contribution in [0.2, 0.25) is 0 Å². The molecule has 4 rings (SSSR count). The van der Waals surface area contributed by atoms with E-state index in [9.17, 15) is 13.2 Å². The molecule has 1 N–H and O–H groups in total. The van der Waals surface area contributed by atoms with E-state index >= 15 is 0 Å². The predicted molar refractivity (Wildman–Crippen MR) is 126 cm³/mol. The molecule has 1 amide bonds. The molecule has 1 aliphatic rings. The molecule has 0 radical (unpaired) electrons. The Morgan fingerprint density at radius 2 is 1.94 bits per heavy atom. The van der Waals surface area contributed by atoms with Gasteiger partial charge in [-0.15, -0.1) is 5.10 Å². The van der Waals surface area contributed by atoms with Gasteiger partial charge in [-0.3, -0.25) is 4.79 Å². The first-order valence-electron chi connectivity index (χ1n) is 11.0. The standard InChI is InChI=1S/C22H27N7O4S/c1-5-9-34(31,32)28-12-15-10-17(19(33-4)11-16(15)13-28)22(30)24-20-8-6-7-18(23-20)21-25-26-27-29(21)14(2)3/h6-8,10-11,14H,5,9,12-13H2,1-4H3,(H,23,24,30). The van der Waals surface area contributed by atoms with Gasteiger partial charge in [0.15, 0.2) is 0 Å². The lowest BCUT2D eigenvalue weighted by Crippen LogP contribution is -2.27. The molecule has 0 spiro atoms. The number of carbonyl (C=O) groups excluding carboxylic acids is 1. The molecule has 0 bridgehead atoms. The molecule has 0 aliphatic carbocycles. The van der Waals surface area contributed by atoms with Crippen molar-refractivity contribution in [1.82, 2.24) is 29.5 Å². The number of anilines is 1. The van der Waals surface area contributed by atoms with E-state index in [-0.39, 0.29) is 24.9 Å². The van der Waals surface area contributed by atoms with Gasteiger partial charge in [-0.05, 0) is 66.1 Å². The third-order valence-corrected chi connectivity index (χ3v) is 7.49. The normalized spacial score (nSPS) is 13.8. The van der Waals surface area contributed by atoms with Crippen LogP contribution < -0.4 is 10.1 Å². The molecule has 11 nitrogen and oxygen atoms in total. The highest BCUT2D eigenvalue weighted by Gasteiger charge is 2.30. The number of benzene rings is 1. The van der Waals surface area contributed by atoms with Crippen LogP contribution >= 0.6 is 0 Å². The molecule has 0 unspecified atom stereocenters. The molecule has 1 aromatic carbocycles. The maximum atomic E-state index is 13.1. The molecule has 2 aromatic heterocycles. The number of methoxy groups -OCH3 is 1. The summed E-state index contributed by atoms with van der Waals surface area (Å²) in [5.74, 6) is 0.867. The van der Waals surface area contributed by atoms with Gasteiger partial charge in [0.1, 0.15) is 17.3 Å². The summed E-state index contributed by atoms with van der Waals surface area (Å²) >= 11 is 0. The fourth-order valence-electron chi connectivity index (χ4n) is 3.85. The van der Waals surface area contributed by atoms with Gasteiger partial charge in [-0.25, -0.2) is 18.1 Å². The van der Waals surface area contributed by atoms with Crippen molar-refractivity contribution < 1.29 is 17.9 Å². The predicted octanol–water partition coefficient (Wildman–Crippen LogP) is 2.63. The minimum absolute atomic E-state index is 0.0430. The number of pyridine rings is 1. The molecule has 1 aliphatic heterocycles. The summed E-state index contributed by atoms with van der Waals surface area (Å²) < 4.78 is 33.5. The lowest BCUT2D eigenvalue weighted by molar-refractivity contribution is 0.102. The van der Waals surface area contributed by atoms with Crippen LogP contribution in [0.1, 0.15) is 54.7 Å². The van der Waals surface area contributed by atoms with E-state index in [1.807, 2.05) is 20.8 Å². The van der Waals surface area contributed by atoms with Gasteiger partial charge in [0.2, 0.25) is 15.8 Å². The minimum Gasteiger partial charge on any atom is -0.496 e. The Morgan fingerprint density at radius 3 is 2.62 bits per heavy atom. The van der Waals surface area contributed by atoms with E-state index in [0.29, 0.717) is 35.1 Å². The summed E-state index contributed by atoms with van der Waals surface area (Å²) in [6.45, 7) is 6.25. The quantitative estimate of drug-likeness (QED) is 0.515. The zero-order valence-electron chi connectivity index (χ0n) is 19.5. The van der Waals surface area contributed by atoms with E-state index in [0.717, 1.165) is 11.1 Å². The molecule has 0 atom stereocenters. The van der Waals surface area contributed by atoms with Crippen LogP contribution in [-0.4, -0.2) is 56.7 Å². The highest BCUT2D eigenvalue weighted by atomic mass is 32.2. The first-order valence-corrected chi connectivity index (χ1v) is 12.6. The number of nitrogens with zero attached hydrogens (tertiary/aromatic N) is 6. The minimum atomic E-state index is -3.35. The van der Waals surface area contributed by atoms with Crippen molar-refractivity contribution in [1.29, 1.82) is 0 Å². The maximum Gasteiger partial charge on any atom is 0.260 e. The summed E-state index contributed by atoms with van der Waals surface area (Å²) in [7, 11) is -1.88. The van der Waals surface area contributed by atoms with Gasteiger partial charge in [0.25, 0.3) is 5.91 Å². The van der Waals surface area contributed by atoms with Gasteiger partial charge in [-0.2, -0.15) is 4.31 Å². The number of ether oxygens (including phenoxy) is 1. The number of hydrogen-bond acceptors (Lipinski definition) is 8. The summed E-state index contributed by atoms with van der Waals surface area (Å²) in [6, 6.07) is 8.65. The number of sulfonamides is 1. The van der Waals surface area contributed by atoms with E-state index in [1.54, 1.807) is 35.0 Å². The number of aromatic nitrogens is 5. The molecular weight excluding hydrogens is 458 g/mol. The van der Waals surface area contributed by atoms with Crippen LogP contribution in [-0.2, 0) is 23.1 Å². The number of fused-ring (bicyclic) bond motifs is 1. The van der Waals surface area contributed by atoms with Gasteiger partial charge >= 0.3 is 0 Å². The zero-order valence-corrected chi connectivity index (χ0v) is 20.3. The molecular formula is C22H27N7O4S. The Bertz CT molecular complexity index is 1320. The highest BCUT2D eigenvalue weighted by Crippen LogP contribution is 2.32. The Hall–Kier alpha value is -3.38. The van der Waals surface area contributed by atoms with E-state index in [2.05, 4.69) is 25.8 Å². The molecule has 0 saturated heterocycles. The van der Waals surface area contributed by atoms with Crippen molar-refractivity contribution >= 4 is 21.7 Å². The first kappa shape index (κ1) is 23.8. The Balaban J connectivity index is 1.59. The average molecular weight is 486 g/mol. The highest BCUT2D eigenvalue weighted by molar-refractivity contribution is 7.89. The summed E-state index contributed by atoms with van der Waals surface area (Å²) in [5.41, 5.74) is 2.43. The Morgan fingerprint density at radius 1 is 1.21 bits per heavy atom. The first-order chi connectivity index (χ1) is 16.2. The third kappa shape index (κ3) is 4.64. The monoisotopic (exact) mass is 485 g/mol. The second-order valence-electron chi connectivity index (χ2n) is 8.31. The average Bonchev–Trinajstić information content (AvgIpc) is 3.45. The number of rotatable bonds is 8. The second kappa shape index (κ2) is 9.47. The van der Waals surface area contributed by atoms with Gasteiger partial charge in [0, 0.05) is 13.1 Å². The van der Waals surface area contributed by atoms with Crippen molar-refractivity contribution in [3.63, 3.8) is 0 Å². The van der Waals surface area contributed by atoms with Gasteiger partial charge in [0.05, 0.1) is 24.5 Å². The van der Waals surface area contributed by atoms with Crippen molar-refractivity contribution in [2.45, 2.75) is 46.3 Å². The fourth-order valence-corrected chi connectivity index (χ4v) is 5.30. The second-order valence-corrected chi connectivity index (χ2v) is 10.4. The van der Waals surface area contributed by atoms with Crippen LogP contribution in [0.3, 0.4) is 0 Å². The number of nitrogens with one attached hydrogen (secondary N) is 1. The van der Waals surface area contributed by atoms with Crippen molar-refractivity contribution in [2.75, 3.05) is 18.2 Å². The van der Waals surface area contributed by atoms with Gasteiger partial charge < -0.3 is 10.1 Å². The summed E-state index contributed by atoms with van der Waals surface area (Å²) in [4.78, 5) is 17.6. The Labute approximate surface area is 198 Å². The SMILES string of the molecule is CCCS(=O)(=O)N1Cc2cc(OC)c(C(=O)Nc3cccc(-c4nnnn4C(C)C)n3)cc2C1. The molecule has 12 heteroatoms. The number of carbonyl (C=O) groups is 1. The molecule has 180 valence electrons. The number of amides is 1. The Kier molecular flexibility index (Phi) is 6.62. The van der Waals surface area contributed by atoms with Crippen LogP contribution in [0.5, 0.6) is 5.75 Å². The van der Waals surface area contributed by atoms with E-state index < -0.39 is 15.9 Å². The van der Waals surface area contributed by atoms with Crippen molar-refractivity contribution in [2.24, 2.45) is 0 Å². The molecule has 0 fully saturated rings. The summed E-state index contributed by atoms with van der Waals surface area (Å²) in [6.07, 6.45) is 0.543. The van der Waals surface area contributed by atoms with Crippen LogP contribution in [0, 0.1) is 0 Å². The smallest absolute Gasteiger partial charge is 0.260 e. The van der Waals surface area contributed by atoms with Crippen LogP contribution in [0.4, 0.5) is 5.82 Å². The van der Waals surface area contributed by atoms with E-state index in [1.165, 1.54) is 11.4 Å². The van der Waals surface area contributed by atoms with Crippen LogP contribution in [0.15, 0.2) is 30.3 Å². The molecule has 0 saturated carbocycles. The fraction of sp³-hybridized carbons (Fsp3) is 0.409. The van der Waals surface area contributed by atoms with Crippen molar-refractivity contribution in [3.05, 3.63) is 47.0 Å².